The van der Waals surface area contributed by atoms with Gasteiger partial charge in [-0.05, 0) is 46.8 Å². The van der Waals surface area contributed by atoms with Crippen LogP contribution >= 0.6 is 11.6 Å². The van der Waals surface area contributed by atoms with Crippen LogP contribution in [0.25, 0.3) is 5.69 Å². The lowest BCUT2D eigenvalue weighted by Crippen LogP contribution is -2.46. The van der Waals surface area contributed by atoms with Gasteiger partial charge < -0.3 is 4.90 Å². The number of aromatic nitrogens is 6. The molecule has 8 nitrogen and oxygen atoms in total. The van der Waals surface area contributed by atoms with Crippen LogP contribution in [0.15, 0.2) is 36.4 Å². The van der Waals surface area contributed by atoms with Crippen molar-refractivity contribution in [2.45, 2.75) is 12.7 Å². The van der Waals surface area contributed by atoms with Crippen LogP contribution in [-0.2, 0) is 12.7 Å². The maximum Gasteiger partial charge on any atom is 0.416 e. The number of tetrazole rings is 1. The Morgan fingerprint density at radius 2 is 1.62 bits per heavy atom. The van der Waals surface area contributed by atoms with Gasteiger partial charge in [0.1, 0.15) is 0 Å². The minimum atomic E-state index is -4.38. The Bertz CT molecular complexity index is 950. The van der Waals surface area contributed by atoms with E-state index in [1.165, 1.54) is 16.8 Å². The number of nitrogens with zero attached hydrogens (tertiary/aromatic N) is 8. The lowest BCUT2D eigenvalue weighted by molar-refractivity contribution is -0.137. The Kier molecular flexibility index (Phi) is 5.33. The van der Waals surface area contributed by atoms with Gasteiger partial charge in [-0.15, -0.1) is 15.3 Å². The number of alkyl halides is 3. The predicted octanol–water partition coefficient (Wildman–Crippen LogP) is 2.45. The van der Waals surface area contributed by atoms with Crippen molar-refractivity contribution >= 4 is 17.4 Å². The minimum Gasteiger partial charge on any atom is -0.353 e. The average molecular weight is 425 g/mol. The number of hydrogen-bond acceptors (Lipinski definition) is 7. The largest absolute Gasteiger partial charge is 0.416 e. The number of benzene rings is 1. The molecule has 0 aliphatic carbocycles. The van der Waals surface area contributed by atoms with Gasteiger partial charge in [0.2, 0.25) is 0 Å². The van der Waals surface area contributed by atoms with E-state index >= 15 is 0 Å². The molecule has 0 spiro atoms. The van der Waals surface area contributed by atoms with Gasteiger partial charge in [-0.25, -0.2) is 0 Å². The first-order valence-corrected chi connectivity index (χ1v) is 9.19. The van der Waals surface area contributed by atoms with E-state index in [0.717, 1.165) is 44.1 Å². The van der Waals surface area contributed by atoms with Crippen molar-refractivity contribution in [2.24, 2.45) is 0 Å². The first-order chi connectivity index (χ1) is 13.9. The zero-order chi connectivity index (χ0) is 20.4. The SMILES string of the molecule is FC(F)(F)c1ccc(-n2nnnc2CN2CCN(c3ccc(Cl)nn3)CC2)cc1. The number of anilines is 1. The molecule has 3 aromatic rings. The maximum absolute atomic E-state index is 12.8. The molecule has 3 heterocycles. The van der Waals surface area contributed by atoms with E-state index in [0.29, 0.717) is 23.2 Å². The first-order valence-electron chi connectivity index (χ1n) is 8.81. The summed E-state index contributed by atoms with van der Waals surface area (Å²) in [4.78, 5) is 4.28. The minimum absolute atomic E-state index is 0.350. The molecule has 1 saturated heterocycles. The van der Waals surface area contributed by atoms with Crippen molar-refractivity contribution < 1.29 is 13.2 Å². The van der Waals surface area contributed by atoms with Crippen molar-refractivity contribution in [2.75, 3.05) is 31.1 Å². The van der Waals surface area contributed by atoms with Crippen molar-refractivity contribution in [3.05, 3.63) is 52.9 Å². The molecule has 29 heavy (non-hydrogen) atoms. The van der Waals surface area contributed by atoms with Crippen LogP contribution in [0.1, 0.15) is 11.4 Å². The molecule has 1 aliphatic heterocycles. The molecular formula is C17H16ClF3N8. The van der Waals surface area contributed by atoms with Gasteiger partial charge in [-0.2, -0.15) is 17.9 Å². The molecule has 0 radical (unpaired) electrons. The van der Waals surface area contributed by atoms with Gasteiger partial charge in [0, 0.05) is 26.2 Å². The normalized spacial score (nSPS) is 15.7. The number of halogens is 4. The van der Waals surface area contributed by atoms with Crippen LogP contribution < -0.4 is 4.90 Å². The van der Waals surface area contributed by atoms with Gasteiger partial charge in [-0.3, -0.25) is 4.90 Å². The Labute approximate surface area is 168 Å². The van der Waals surface area contributed by atoms with E-state index in [9.17, 15) is 13.2 Å². The Morgan fingerprint density at radius 1 is 0.897 bits per heavy atom. The molecule has 1 aromatic carbocycles. The molecule has 0 unspecified atom stereocenters. The second kappa shape index (κ2) is 7.91. The predicted molar refractivity (Wildman–Crippen MR) is 98.7 cm³/mol. The van der Waals surface area contributed by atoms with E-state index in [4.69, 9.17) is 11.6 Å². The summed E-state index contributed by atoms with van der Waals surface area (Å²) >= 11 is 5.77. The summed E-state index contributed by atoms with van der Waals surface area (Å²) in [5, 5.41) is 19.9. The van der Waals surface area contributed by atoms with Crippen molar-refractivity contribution in [3.8, 4) is 5.69 Å². The van der Waals surface area contributed by atoms with Gasteiger partial charge in [0.05, 0.1) is 17.8 Å². The standard InChI is InChI=1S/C17H16ClF3N8/c18-14-5-6-15(23-22-14)28-9-7-27(8-10-28)11-16-24-25-26-29(16)13-3-1-12(2-4-13)17(19,20)21/h1-6H,7-11H2. The molecule has 12 heteroatoms. The fourth-order valence-electron chi connectivity index (χ4n) is 3.11. The molecule has 0 bridgehead atoms. The van der Waals surface area contributed by atoms with Gasteiger partial charge >= 0.3 is 6.18 Å². The Balaban J connectivity index is 1.40. The highest BCUT2D eigenvalue weighted by molar-refractivity contribution is 6.29. The smallest absolute Gasteiger partial charge is 0.353 e. The number of rotatable bonds is 4. The molecule has 4 rings (SSSR count). The van der Waals surface area contributed by atoms with E-state index in [1.807, 2.05) is 6.07 Å². The van der Waals surface area contributed by atoms with Crippen LogP contribution in [0, 0.1) is 0 Å². The second-order valence-electron chi connectivity index (χ2n) is 6.53. The molecule has 2 aromatic heterocycles. The van der Waals surface area contributed by atoms with E-state index in [2.05, 4.69) is 35.5 Å². The molecule has 152 valence electrons. The molecule has 0 atom stereocenters. The summed E-state index contributed by atoms with van der Waals surface area (Å²) in [5.41, 5.74) is -0.231. The van der Waals surface area contributed by atoms with Crippen LogP contribution in [0.4, 0.5) is 19.0 Å². The van der Waals surface area contributed by atoms with Crippen LogP contribution in [0.2, 0.25) is 5.15 Å². The maximum atomic E-state index is 12.8. The molecule has 0 N–H and O–H groups in total. The first kappa shape index (κ1) is 19.5. The highest BCUT2D eigenvalue weighted by atomic mass is 35.5. The van der Waals surface area contributed by atoms with Crippen LogP contribution in [0.5, 0.6) is 0 Å². The van der Waals surface area contributed by atoms with E-state index in [-0.39, 0.29) is 0 Å². The monoisotopic (exact) mass is 424 g/mol. The summed E-state index contributed by atoms with van der Waals surface area (Å²) < 4.78 is 39.7. The summed E-state index contributed by atoms with van der Waals surface area (Å²) in [6.45, 7) is 3.48. The van der Waals surface area contributed by atoms with Crippen molar-refractivity contribution in [1.29, 1.82) is 0 Å². The van der Waals surface area contributed by atoms with E-state index < -0.39 is 11.7 Å². The molecule has 0 amide bonds. The summed E-state index contributed by atoms with van der Waals surface area (Å²) in [5.74, 6) is 1.33. The van der Waals surface area contributed by atoms with E-state index in [1.54, 1.807) is 6.07 Å². The van der Waals surface area contributed by atoms with Crippen molar-refractivity contribution in [1.82, 2.24) is 35.3 Å². The van der Waals surface area contributed by atoms with Crippen LogP contribution in [-0.4, -0.2) is 61.5 Å². The quantitative estimate of drug-likeness (QED) is 0.636. The third-order valence-corrected chi connectivity index (χ3v) is 4.85. The topological polar surface area (TPSA) is 75.9 Å². The molecule has 1 aliphatic rings. The molecule has 0 saturated carbocycles. The fourth-order valence-corrected chi connectivity index (χ4v) is 3.21. The molecule has 1 fully saturated rings. The van der Waals surface area contributed by atoms with Gasteiger partial charge in [-0.1, -0.05) is 11.6 Å². The number of piperazine rings is 1. The Hall–Kier alpha value is -2.79. The highest BCUT2D eigenvalue weighted by Crippen LogP contribution is 2.29. The average Bonchev–Trinajstić information content (AvgIpc) is 3.17. The second-order valence-corrected chi connectivity index (χ2v) is 6.92. The van der Waals surface area contributed by atoms with Crippen molar-refractivity contribution in [3.63, 3.8) is 0 Å². The third kappa shape index (κ3) is 4.46. The zero-order valence-electron chi connectivity index (χ0n) is 15.1. The molecular weight excluding hydrogens is 409 g/mol. The lowest BCUT2D eigenvalue weighted by Gasteiger charge is -2.34. The third-order valence-electron chi connectivity index (χ3n) is 4.65. The number of hydrogen-bond donors (Lipinski definition) is 0. The lowest BCUT2D eigenvalue weighted by atomic mass is 10.2. The summed E-state index contributed by atoms with van der Waals surface area (Å²) in [7, 11) is 0. The van der Waals surface area contributed by atoms with Gasteiger partial charge in [0.25, 0.3) is 0 Å². The summed E-state index contributed by atoms with van der Waals surface area (Å²) in [6.07, 6.45) is -4.38. The van der Waals surface area contributed by atoms with Crippen LogP contribution in [0.3, 0.4) is 0 Å². The summed E-state index contributed by atoms with van der Waals surface area (Å²) in [6, 6.07) is 8.30. The fraction of sp³-hybridized carbons (Fsp3) is 0.353. The highest BCUT2D eigenvalue weighted by Gasteiger charge is 2.30. The Morgan fingerprint density at radius 3 is 2.24 bits per heavy atom. The zero-order valence-corrected chi connectivity index (χ0v) is 15.8. The van der Waals surface area contributed by atoms with Gasteiger partial charge in [0.15, 0.2) is 16.8 Å².